The van der Waals surface area contributed by atoms with Gasteiger partial charge in [-0.05, 0) is 38.1 Å². The van der Waals surface area contributed by atoms with E-state index in [0.717, 1.165) is 29.8 Å². The lowest BCUT2D eigenvalue weighted by molar-refractivity contribution is 0.299. The predicted molar refractivity (Wildman–Crippen MR) is 90.5 cm³/mol. The molecule has 0 spiro atoms. The van der Waals surface area contributed by atoms with Gasteiger partial charge < -0.3 is 10.1 Å². The summed E-state index contributed by atoms with van der Waals surface area (Å²) in [7, 11) is 0. The monoisotopic (exact) mass is 341 g/mol. The number of hydrogen-bond donors (Lipinski definition) is 1. The summed E-state index contributed by atoms with van der Waals surface area (Å²) in [6, 6.07) is 6.58. The van der Waals surface area contributed by atoms with Crippen LogP contribution in [0.2, 0.25) is 0 Å². The molecule has 0 saturated carbocycles. The molecule has 3 heteroatoms. The van der Waals surface area contributed by atoms with Gasteiger partial charge in [-0.3, -0.25) is 0 Å². The van der Waals surface area contributed by atoms with Crippen LogP contribution >= 0.6 is 15.9 Å². The number of rotatable bonds is 10. The zero-order valence-electron chi connectivity index (χ0n) is 13.0. The lowest BCUT2D eigenvalue weighted by atomic mass is 10.1. The molecule has 20 heavy (non-hydrogen) atoms. The first-order valence-corrected chi connectivity index (χ1v) is 8.64. The van der Waals surface area contributed by atoms with Gasteiger partial charge in [-0.15, -0.1) is 0 Å². The Kier molecular flexibility index (Phi) is 8.95. The van der Waals surface area contributed by atoms with Crippen molar-refractivity contribution in [1.82, 2.24) is 5.32 Å². The molecule has 2 nitrogen and oxygen atoms in total. The number of nitrogens with one attached hydrogen (secondary N) is 1. The number of hydrogen-bond acceptors (Lipinski definition) is 2. The van der Waals surface area contributed by atoms with Gasteiger partial charge in [0.2, 0.25) is 0 Å². The van der Waals surface area contributed by atoms with Gasteiger partial charge in [-0.1, -0.05) is 55.5 Å². The molecule has 1 N–H and O–H groups in total. The van der Waals surface area contributed by atoms with Crippen molar-refractivity contribution in [2.45, 2.75) is 58.9 Å². The van der Waals surface area contributed by atoms with E-state index in [0.29, 0.717) is 6.04 Å². The van der Waals surface area contributed by atoms with Crippen molar-refractivity contribution in [3.8, 4) is 5.75 Å². The van der Waals surface area contributed by atoms with Gasteiger partial charge >= 0.3 is 0 Å². The SMILES string of the molecule is CCCCCCCOc1ccc(Br)cc1C(C)NCC. The zero-order valence-corrected chi connectivity index (χ0v) is 14.6. The molecule has 0 fully saturated rings. The van der Waals surface area contributed by atoms with Gasteiger partial charge in [0.1, 0.15) is 5.75 Å². The van der Waals surface area contributed by atoms with Gasteiger partial charge in [0, 0.05) is 16.1 Å². The fourth-order valence-corrected chi connectivity index (χ4v) is 2.67. The fourth-order valence-electron chi connectivity index (χ4n) is 2.29. The molecule has 1 aromatic rings. The highest BCUT2D eigenvalue weighted by molar-refractivity contribution is 9.10. The minimum Gasteiger partial charge on any atom is -0.493 e. The van der Waals surface area contributed by atoms with Gasteiger partial charge in [-0.25, -0.2) is 0 Å². The third-order valence-electron chi connectivity index (χ3n) is 3.45. The molecule has 0 aromatic heterocycles. The molecule has 1 rings (SSSR count). The van der Waals surface area contributed by atoms with Crippen molar-refractivity contribution in [3.05, 3.63) is 28.2 Å². The van der Waals surface area contributed by atoms with E-state index in [2.05, 4.69) is 60.2 Å². The topological polar surface area (TPSA) is 21.3 Å². The Labute approximate surface area is 132 Å². The van der Waals surface area contributed by atoms with Crippen molar-refractivity contribution in [2.24, 2.45) is 0 Å². The minimum absolute atomic E-state index is 0.313. The highest BCUT2D eigenvalue weighted by atomic mass is 79.9. The van der Waals surface area contributed by atoms with E-state index >= 15 is 0 Å². The number of benzene rings is 1. The van der Waals surface area contributed by atoms with Gasteiger partial charge in [0.05, 0.1) is 6.61 Å². The molecule has 0 saturated heterocycles. The summed E-state index contributed by atoms with van der Waals surface area (Å²) in [6.07, 6.45) is 6.35. The van der Waals surface area contributed by atoms with Crippen LogP contribution in [-0.4, -0.2) is 13.2 Å². The Balaban J connectivity index is 2.51. The molecule has 0 radical (unpaired) electrons. The summed E-state index contributed by atoms with van der Waals surface area (Å²) in [6.45, 7) is 8.33. The van der Waals surface area contributed by atoms with Crippen molar-refractivity contribution < 1.29 is 4.74 Å². The largest absolute Gasteiger partial charge is 0.493 e. The van der Waals surface area contributed by atoms with Crippen LogP contribution in [0.4, 0.5) is 0 Å². The predicted octanol–water partition coefficient (Wildman–Crippen LogP) is 5.47. The van der Waals surface area contributed by atoms with E-state index in [4.69, 9.17) is 4.74 Å². The first-order valence-electron chi connectivity index (χ1n) is 7.84. The average Bonchev–Trinajstić information content (AvgIpc) is 2.44. The van der Waals surface area contributed by atoms with E-state index in [9.17, 15) is 0 Å². The van der Waals surface area contributed by atoms with E-state index < -0.39 is 0 Å². The van der Waals surface area contributed by atoms with Crippen molar-refractivity contribution in [2.75, 3.05) is 13.2 Å². The second-order valence-corrected chi connectivity index (χ2v) is 6.14. The van der Waals surface area contributed by atoms with Crippen LogP contribution in [0.25, 0.3) is 0 Å². The quantitative estimate of drug-likeness (QED) is 0.569. The minimum atomic E-state index is 0.313. The Morgan fingerprint density at radius 1 is 1.15 bits per heavy atom. The third-order valence-corrected chi connectivity index (χ3v) is 3.95. The summed E-state index contributed by atoms with van der Waals surface area (Å²) in [5.41, 5.74) is 1.23. The van der Waals surface area contributed by atoms with E-state index in [1.165, 1.54) is 31.2 Å². The number of halogens is 1. The second kappa shape index (κ2) is 10.2. The van der Waals surface area contributed by atoms with E-state index in [1.54, 1.807) is 0 Å². The molecule has 0 bridgehead atoms. The van der Waals surface area contributed by atoms with Gasteiger partial charge in [0.25, 0.3) is 0 Å². The highest BCUT2D eigenvalue weighted by Gasteiger charge is 2.11. The van der Waals surface area contributed by atoms with Gasteiger partial charge in [0.15, 0.2) is 0 Å². The maximum absolute atomic E-state index is 5.98. The smallest absolute Gasteiger partial charge is 0.124 e. The molecule has 0 heterocycles. The van der Waals surface area contributed by atoms with E-state index in [1.807, 2.05) is 0 Å². The van der Waals surface area contributed by atoms with E-state index in [-0.39, 0.29) is 0 Å². The molecule has 0 aliphatic rings. The normalized spacial score (nSPS) is 12.4. The summed E-state index contributed by atoms with van der Waals surface area (Å²) >= 11 is 3.54. The Morgan fingerprint density at radius 3 is 2.60 bits per heavy atom. The molecule has 1 unspecified atom stereocenters. The third kappa shape index (κ3) is 6.27. The Morgan fingerprint density at radius 2 is 1.90 bits per heavy atom. The van der Waals surface area contributed by atoms with Crippen LogP contribution in [0.3, 0.4) is 0 Å². The molecule has 1 aromatic carbocycles. The van der Waals surface area contributed by atoms with Crippen LogP contribution < -0.4 is 10.1 Å². The molecule has 1 atom stereocenters. The first kappa shape index (κ1) is 17.5. The highest BCUT2D eigenvalue weighted by Crippen LogP contribution is 2.28. The van der Waals surface area contributed by atoms with Crippen molar-refractivity contribution in [1.29, 1.82) is 0 Å². The van der Waals surface area contributed by atoms with Crippen molar-refractivity contribution >= 4 is 15.9 Å². The summed E-state index contributed by atoms with van der Waals surface area (Å²) in [4.78, 5) is 0. The lowest BCUT2D eigenvalue weighted by Crippen LogP contribution is -2.18. The first-order chi connectivity index (χ1) is 9.69. The number of unbranched alkanes of at least 4 members (excludes halogenated alkanes) is 4. The Hall–Kier alpha value is -0.540. The van der Waals surface area contributed by atoms with Crippen LogP contribution in [0.15, 0.2) is 22.7 Å². The maximum Gasteiger partial charge on any atom is 0.124 e. The lowest BCUT2D eigenvalue weighted by Gasteiger charge is -2.18. The maximum atomic E-state index is 5.98. The molecular formula is C17H28BrNO. The van der Waals surface area contributed by atoms with Crippen LogP contribution in [0, 0.1) is 0 Å². The molecule has 0 amide bonds. The second-order valence-electron chi connectivity index (χ2n) is 5.22. The van der Waals surface area contributed by atoms with Crippen LogP contribution in [-0.2, 0) is 0 Å². The van der Waals surface area contributed by atoms with Crippen LogP contribution in [0.1, 0.15) is 64.5 Å². The van der Waals surface area contributed by atoms with Crippen LogP contribution in [0.5, 0.6) is 5.75 Å². The molecular weight excluding hydrogens is 314 g/mol. The molecule has 114 valence electrons. The average molecular weight is 342 g/mol. The Bertz CT molecular complexity index is 381. The molecule has 0 aliphatic carbocycles. The standard InChI is InChI=1S/C17H28BrNO/c1-4-6-7-8-9-12-20-17-11-10-15(18)13-16(17)14(3)19-5-2/h10-11,13-14,19H,4-9,12H2,1-3H3. The summed E-state index contributed by atoms with van der Waals surface area (Å²) in [5, 5.41) is 3.45. The summed E-state index contributed by atoms with van der Waals surface area (Å²) < 4.78 is 7.08. The fraction of sp³-hybridized carbons (Fsp3) is 0.647. The number of ether oxygens (including phenoxy) is 1. The zero-order chi connectivity index (χ0) is 14.8. The molecule has 0 aliphatic heterocycles. The summed E-state index contributed by atoms with van der Waals surface area (Å²) in [5.74, 6) is 1.01. The van der Waals surface area contributed by atoms with Crippen molar-refractivity contribution in [3.63, 3.8) is 0 Å². The van der Waals surface area contributed by atoms with Gasteiger partial charge in [-0.2, -0.15) is 0 Å².